The first kappa shape index (κ1) is 19.7. The van der Waals surface area contributed by atoms with Gasteiger partial charge >= 0.3 is 5.97 Å². The Hall–Kier alpha value is -2.59. The molecule has 7 nitrogen and oxygen atoms in total. The Morgan fingerprint density at radius 1 is 1.23 bits per heavy atom. The Morgan fingerprint density at radius 2 is 1.88 bits per heavy atom. The molecule has 1 aromatic rings. The van der Waals surface area contributed by atoms with E-state index in [9.17, 15) is 9.59 Å². The van der Waals surface area contributed by atoms with Gasteiger partial charge in [-0.2, -0.15) is 5.26 Å². The van der Waals surface area contributed by atoms with E-state index in [0.29, 0.717) is 5.69 Å². The predicted octanol–water partition coefficient (Wildman–Crippen LogP) is 2.25. The number of esters is 1. The SMILES string of the molecule is CN1CCN(c2ccc(C(=O)OC(C)(C)C)c(NC(=O)CC#N)c2)CC1. The number of nitriles is 1. The summed E-state index contributed by atoms with van der Waals surface area (Å²) in [4.78, 5) is 28.8. The molecule has 26 heavy (non-hydrogen) atoms. The summed E-state index contributed by atoms with van der Waals surface area (Å²) in [5.74, 6) is -0.956. The molecule has 0 aromatic heterocycles. The van der Waals surface area contributed by atoms with E-state index in [2.05, 4.69) is 22.2 Å². The highest BCUT2D eigenvalue weighted by Crippen LogP contribution is 2.27. The molecule has 0 bridgehead atoms. The number of carbonyl (C=O) groups excluding carboxylic acids is 2. The van der Waals surface area contributed by atoms with Gasteiger partial charge in [0.15, 0.2) is 0 Å². The third kappa shape index (κ3) is 5.46. The van der Waals surface area contributed by atoms with Gasteiger partial charge in [0.1, 0.15) is 12.0 Å². The van der Waals surface area contributed by atoms with Crippen LogP contribution in [0.1, 0.15) is 37.6 Å². The van der Waals surface area contributed by atoms with E-state index in [1.807, 2.05) is 12.1 Å². The second-order valence-corrected chi connectivity index (χ2v) is 7.41. The molecule has 0 aliphatic carbocycles. The maximum absolute atomic E-state index is 12.5. The molecule has 2 rings (SSSR count). The van der Waals surface area contributed by atoms with Gasteiger partial charge < -0.3 is 19.9 Å². The zero-order valence-electron chi connectivity index (χ0n) is 15.8. The van der Waals surface area contributed by atoms with E-state index in [0.717, 1.165) is 31.9 Å². The van der Waals surface area contributed by atoms with Crippen molar-refractivity contribution in [1.82, 2.24) is 4.90 Å². The first-order valence-corrected chi connectivity index (χ1v) is 8.67. The van der Waals surface area contributed by atoms with Gasteiger partial charge in [0, 0.05) is 31.9 Å². The van der Waals surface area contributed by atoms with Gasteiger partial charge in [-0.15, -0.1) is 0 Å². The molecule has 7 heteroatoms. The Kier molecular flexibility index (Phi) is 6.22. The number of anilines is 2. The van der Waals surface area contributed by atoms with Gasteiger partial charge in [0.2, 0.25) is 5.91 Å². The maximum atomic E-state index is 12.5. The number of carbonyl (C=O) groups is 2. The van der Waals surface area contributed by atoms with Crippen LogP contribution in [-0.4, -0.2) is 55.6 Å². The molecule has 0 saturated carbocycles. The van der Waals surface area contributed by atoms with Crippen molar-refractivity contribution in [3.8, 4) is 6.07 Å². The summed E-state index contributed by atoms with van der Waals surface area (Å²) in [6.07, 6.45) is -0.271. The molecule has 1 aromatic carbocycles. The van der Waals surface area contributed by atoms with Crippen molar-refractivity contribution in [1.29, 1.82) is 5.26 Å². The van der Waals surface area contributed by atoms with Crippen LogP contribution < -0.4 is 10.2 Å². The molecule has 1 aliphatic rings. The van der Waals surface area contributed by atoms with E-state index in [1.54, 1.807) is 32.9 Å². The highest BCUT2D eigenvalue weighted by molar-refractivity contribution is 6.02. The number of hydrogen-bond acceptors (Lipinski definition) is 6. The molecule has 1 fully saturated rings. The zero-order chi connectivity index (χ0) is 19.3. The molecule has 0 unspecified atom stereocenters. The number of benzene rings is 1. The van der Waals surface area contributed by atoms with Gasteiger partial charge in [0.25, 0.3) is 0 Å². The quantitative estimate of drug-likeness (QED) is 0.831. The zero-order valence-corrected chi connectivity index (χ0v) is 15.8. The summed E-state index contributed by atoms with van der Waals surface area (Å²) in [6, 6.07) is 7.13. The molecule has 0 spiro atoms. The average Bonchev–Trinajstić information content (AvgIpc) is 2.54. The number of nitrogens with one attached hydrogen (secondary N) is 1. The lowest BCUT2D eigenvalue weighted by Gasteiger charge is -2.34. The van der Waals surface area contributed by atoms with Gasteiger partial charge in [-0.05, 0) is 46.0 Å². The van der Waals surface area contributed by atoms with Gasteiger partial charge in [0.05, 0.1) is 17.3 Å². The van der Waals surface area contributed by atoms with Crippen LogP contribution in [0.2, 0.25) is 0 Å². The molecular weight excluding hydrogens is 332 g/mol. The summed E-state index contributed by atoms with van der Waals surface area (Å²) in [7, 11) is 2.08. The van der Waals surface area contributed by atoms with Crippen molar-refractivity contribution in [3.05, 3.63) is 23.8 Å². The highest BCUT2D eigenvalue weighted by atomic mass is 16.6. The first-order chi connectivity index (χ1) is 12.2. The fourth-order valence-corrected chi connectivity index (χ4v) is 2.67. The van der Waals surface area contributed by atoms with E-state index in [1.165, 1.54) is 0 Å². The lowest BCUT2D eigenvalue weighted by molar-refractivity contribution is -0.115. The minimum Gasteiger partial charge on any atom is -0.456 e. The van der Waals surface area contributed by atoms with Crippen LogP contribution in [0.25, 0.3) is 0 Å². The Bertz CT molecular complexity index is 710. The summed E-state index contributed by atoms with van der Waals surface area (Å²) < 4.78 is 5.43. The van der Waals surface area contributed by atoms with Crippen LogP contribution in [0.5, 0.6) is 0 Å². The number of rotatable bonds is 4. The van der Waals surface area contributed by atoms with Crippen molar-refractivity contribution < 1.29 is 14.3 Å². The average molecular weight is 358 g/mol. The topological polar surface area (TPSA) is 85.7 Å². The van der Waals surface area contributed by atoms with Crippen LogP contribution in [0.15, 0.2) is 18.2 Å². The first-order valence-electron chi connectivity index (χ1n) is 8.67. The van der Waals surface area contributed by atoms with Crippen LogP contribution in [0, 0.1) is 11.3 Å². The van der Waals surface area contributed by atoms with Gasteiger partial charge in [-0.3, -0.25) is 4.79 Å². The second-order valence-electron chi connectivity index (χ2n) is 7.41. The predicted molar refractivity (Wildman–Crippen MR) is 100 cm³/mol. The van der Waals surface area contributed by atoms with Crippen molar-refractivity contribution >= 4 is 23.3 Å². The lowest BCUT2D eigenvalue weighted by Crippen LogP contribution is -2.44. The second kappa shape index (κ2) is 8.19. The fraction of sp³-hybridized carbons (Fsp3) is 0.526. The molecule has 1 aliphatic heterocycles. The molecular formula is C19H26N4O3. The molecule has 1 saturated heterocycles. The van der Waals surface area contributed by atoms with Gasteiger partial charge in [-0.1, -0.05) is 0 Å². The van der Waals surface area contributed by atoms with Crippen LogP contribution >= 0.6 is 0 Å². The Morgan fingerprint density at radius 3 is 2.46 bits per heavy atom. The number of hydrogen-bond donors (Lipinski definition) is 1. The molecule has 0 atom stereocenters. The summed E-state index contributed by atoms with van der Waals surface area (Å²) >= 11 is 0. The van der Waals surface area contributed by atoms with Crippen molar-refractivity contribution in [2.75, 3.05) is 43.4 Å². The van der Waals surface area contributed by atoms with Crippen molar-refractivity contribution in [2.45, 2.75) is 32.8 Å². The normalized spacial score (nSPS) is 15.3. The lowest BCUT2D eigenvalue weighted by atomic mass is 10.1. The van der Waals surface area contributed by atoms with Crippen LogP contribution in [0.3, 0.4) is 0 Å². The summed E-state index contributed by atoms with van der Waals surface area (Å²) in [5.41, 5.74) is 0.943. The molecule has 1 N–H and O–H groups in total. The highest BCUT2D eigenvalue weighted by Gasteiger charge is 2.23. The third-order valence-electron chi connectivity index (χ3n) is 4.00. The summed E-state index contributed by atoms with van der Waals surface area (Å²) in [6.45, 7) is 9.00. The number of nitrogens with zero attached hydrogens (tertiary/aromatic N) is 3. The smallest absolute Gasteiger partial charge is 0.340 e. The van der Waals surface area contributed by atoms with Gasteiger partial charge in [-0.25, -0.2) is 4.79 Å². The van der Waals surface area contributed by atoms with E-state index < -0.39 is 17.5 Å². The Labute approximate surface area is 154 Å². The standard InChI is InChI=1S/C19H26N4O3/c1-19(2,3)26-18(25)15-6-5-14(23-11-9-22(4)10-12-23)13-16(15)21-17(24)7-8-20/h5-6,13H,7,9-12H2,1-4H3,(H,21,24). The van der Waals surface area contributed by atoms with Crippen molar-refractivity contribution in [2.24, 2.45) is 0 Å². The number of ether oxygens (including phenoxy) is 1. The molecule has 1 amide bonds. The number of amides is 1. The molecule has 140 valence electrons. The van der Waals surface area contributed by atoms with Crippen LogP contribution in [-0.2, 0) is 9.53 Å². The number of piperazine rings is 1. The minimum absolute atomic E-state index is 0.271. The monoisotopic (exact) mass is 358 g/mol. The number of likely N-dealkylation sites (N-methyl/N-ethyl adjacent to an activating group) is 1. The van der Waals surface area contributed by atoms with E-state index in [-0.39, 0.29) is 12.0 Å². The molecule has 0 radical (unpaired) electrons. The fourth-order valence-electron chi connectivity index (χ4n) is 2.67. The maximum Gasteiger partial charge on any atom is 0.340 e. The minimum atomic E-state index is -0.638. The largest absolute Gasteiger partial charge is 0.456 e. The van der Waals surface area contributed by atoms with Crippen LogP contribution in [0.4, 0.5) is 11.4 Å². The summed E-state index contributed by atoms with van der Waals surface area (Å²) in [5, 5.41) is 11.4. The van der Waals surface area contributed by atoms with Crippen molar-refractivity contribution in [3.63, 3.8) is 0 Å². The van der Waals surface area contributed by atoms with E-state index >= 15 is 0 Å². The van der Waals surface area contributed by atoms with E-state index in [4.69, 9.17) is 10.00 Å². The third-order valence-corrected chi connectivity index (χ3v) is 4.00. The Balaban J connectivity index is 2.30. The molecule has 1 heterocycles.